The number of aromatic nitrogens is 5. The topological polar surface area (TPSA) is 191 Å². The molecule has 0 aliphatic rings. The molecule has 0 radical (unpaired) electrons. The lowest BCUT2D eigenvalue weighted by molar-refractivity contribution is -0.134. The number of amidine groups is 1. The number of benzene rings is 2. The number of nitrogens with one attached hydrogen (secondary N) is 2. The molecule has 2 aromatic carbocycles. The van der Waals surface area contributed by atoms with Crippen LogP contribution in [-0.2, 0) is 11.2 Å². The van der Waals surface area contributed by atoms with Crippen molar-refractivity contribution in [2.75, 3.05) is 20.8 Å². The largest absolute Gasteiger partial charge is 0.493 e. The van der Waals surface area contributed by atoms with Gasteiger partial charge in [0.05, 0.1) is 20.8 Å². The molecule has 210 valence electrons. The molecule has 0 aliphatic heterocycles. The van der Waals surface area contributed by atoms with Gasteiger partial charge in [0.15, 0.2) is 11.5 Å². The summed E-state index contributed by atoms with van der Waals surface area (Å²) in [5.74, 6) is 0.817. The van der Waals surface area contributed by atoms with Crippen LogP contribution in [0.2, 0.25) is 0 Å². The third-order valence-electron chi connectivity index (χ3n) is 5.58. The molecule has 13 heteroatoms. The first-order valence-corrected chi connectivity index (χ1v) is 12.2. The van der Waals surface area contributed by atoms with E-state index in [2.05, 4.69) is 20.1 Å². The average Bonchev–Trinajstić information content (AvgIpc) is 3.33. The third kappa shape index (κ3) is 7.22. The number of aliphatic carboxylic acids is 1. The maximum Gasteiger partial charge on any atom is 0.350 e. The Balaban J connectivity index is 0.00000103. The van der Waals surface area contributed by atoms with Crippen LogP contribution in [0.25, 0.3) is 5.95 Å². The lowest BCUT2D eigenvalue weighted by Gasteiger charge is -2.20. The highest BCUT2D eigenvalue weighted by Gasteiger charge is 2.25. The number of hydrogen-bond acceptors (Lipinski definition) is 9. The SMILES string of the molecule is CC(=O)O.CCOc1cc(C(Cc2ccc(C(=N)N)cc2)c2nn(-c3ncccn3)c(=O)[nH]2)cc(OC)c1OC. The van der Waals surface area contributed by atoms with E-state index in [0.29, 0.717) is 41.7 Å². The van der Waals surface area contributed by atoms with Crippen molar-refractivity contribution in [2.45, 2.75) is 26.2 Å². The summed E-state index contributed by atoms with van der Waals surface area (Å²) in [7, 11) is 3.10. The van der Waals surface area contributed by atoms with Crippen LogP contribution >= 0.6 is 0 Å². The minimum absolute atomic E-state index is 0.00900. The lowest BCUT2D eigenvalue weighted by atomic mass is 9.90. The van der Waals surface area contributed by atoms with E-state index in [0.717, 1.165) is 22.7 Å². The molecule has 2 aromatic heterocycles. The molecular weight excluding hydrogens is 518 g/mol. The fourth-order valence-corrected chi connectivity index (χ4v) is 3.88. The second-order valence-electron chi connectivity index (χ2n) is 8.35. The van der Waals surface area contributed by atoms with E-state index in [-0.39, 0.29) is 11.8 Å². The summed E-state index contributed by atoms with van der Waals surface area (Å²) in [5, 5.41) is 19.6. The number of H-pyrrole nitrogens is 1. The van der Waals surface area contributed by atoms with Gasteiger partial charge in [0, 0.05) is 30.8 Å². The summed E-state index contributed by atoms with van der Waals surface area (Å²) in [6.07, 6.45) is 3.56. The molecule has 1 atom stereocenters. The van der Waals surface area contributed by atoms with Crippen molar-refractivity contribution in [1.82, 2.24) is 24.7 Å². The van der Waals surface area contributed by atoms with Crippen molar-refractivity contribution < 1.29 is 24.1 Å². The molecule has 0 saturated carbocycles. The number of carboxylic acid groups (broad SMARTS) is 1. The summed E-state index contributed by atoms with van der Waals surface area (Å²) in [6, 6.07) is 12.7. The van der Waals surface area contributed by atoms with Crippen molar-refractivity contribution in [1.29, 1.82) is 5.41 Å². The van der Waals surface area contributed by atoms with Crippen LogP contribution in [0.4, 0.5) is 0 Å². The number of methoxy groups -OCH3 is 2. The van der Waals surface area contributed by atoms with E-state index >= 15 is 0 Å². The Hall–Kier alpha value is -5.20. The Morgan fingerprint density at radius 3 is 2.30 bits per heavy atom. The van der Waals surface area contributed by atoms with Gasteiger partial charge in [0.2, 0.25) is 5.75 Å². The summed E-state index contributed by atoms with van der Waals surface area (Å²) in [4.78, 5) is 32.9. The molecule has 0 fully saturated rings. The second kappa shape index (κ2) is 13.6. The quantitative estimate of drug-likeness (QED) is 0.169. The Morgan fingerprint density at radius 2 is 1.75 bits per heavy atom. The van der Waals surface area contributed by atoms with Gasteiger partial charge in [-0.25, -0.2) is 14.8 Å². The van der Waals surface area contributed by atoms with E-state index in [1.54, 1.807) is 44.8 Å². The average molecular weight is 550 g/mol. The molecule has 2 heterocycles. The molecule has 40 heavy (non-hydrogen) atoms. The zero-order valence-corrected chi connectivity index (χ0v) is 22.5. The van der Waals surface area contributed by atoms with Crippen LogP contribution in [-0.4, -0.2) is 62.5 Å². The number of ether oxygens (including phenoxy) is 3. The van der Waals surface area contributed by atoms with Crippen LogP contribution in [0.1, 0.15) is 42.3 Å². The predicted molar refractivity (Wildman–Crippen MR) is 147 cm³/mol. The monoisotopic (exact) mass is 549 g/mol. The maximum atomic E-state index is 12.8. The molecule has 13 nitrogen and oxygen atoms in total. The van der Waals surface area contributed by atoms with Gasteiger partial charge in [-0.05, 0) is 42.7 Å². The Kier molecular flexibility index (Phi) is 9.95. The predicted octanol–water partition coefficient (Wildman–Crippen LogP) is 2.52. The molecule has 1 unspecified atom stereocenters. The molecule has 0 aliphatic carbocycles. The molecule has 0 amide bonds. The van der Waals surface area contributed by atoms with Crippen molar-refractivity contribution in [3.8, 4) is 23.2 Å². The van der Waals surface area contributed by atoms with Gasteiger partial charge in [-0.1, -0.05) is 24.3 Å². The van der Waals surface area contributed by atoms with Crippen molar-refractivity contribution in [2.24, 2.45) is 5.73 Å². The van der Waals surface area contributed by atoms with E-state index in [1.807, 2.05) is 31.2 Å². The molecular formula is C27H31N7O6. The first-order chi connectivity index (χ1) is 19.2. The zero-order valence-electron chi connectivity index (χ0n) is 22.5. The molecule has 0 spiro atoms. The second-order valence-corrected chi connectivity index (χ2v) is 8.35. The van der Waals surface area contributed by atoms with Gasteiger partial charge in [-0.15, -0.1) is 9.78 Å². The summed E-state index contributed by atoms with van der Waals surface area (Å²) in [5.41, 5.74) is 7.51. The van der Waals surface area contributed by atoms with E-state index in [4.69, 9.17) is 35.3 Å². The summed E-state index contributed by atoms with van der Waals surface area (Å²) < 4.78 is 18.1. The molecule has 5 N–H and O–H groups in total. The van der Waals surface area contributed by atoms with E-state index < -0.39 is 17.6 Å². The van der Waals surface area contributed by atoms with Gasteiger partial charge in [-0.3, -0.25) is 15.2 Å². The van der Waals surface area contributed by atoms with Crippen LogP contribution in [0.15, 0.2) is 59.7 Å². The number of rotatable bonds is 10. The van der Waals surface area contributed by atoms with Gasteiger partial charge in [0.1, 0.15) is 11.7 Å². The number of hydrogen-bond donors (Lipinski definition) is 4. The Labute approximate surface area is 230 Å². The van der Waals surface area contributed by atoms with Crippen molar-refractivity contribution in [3.63, 3.8) is 0 Å². The number of nitrogens with two attached hydrogens (primary N) is 1. The van der Waals surface area contributed by atoms with Crippen LogP contribution in [0, 0.1) is 5.41 Å². The number of carboxylic acids is 1. The van der Waals surface area contributed by atoms with Gasteiger partial charge in [0.25, 0.3) is 11.9 Å². The lowest BCUT2D eigenvalue weighted by Crippen LogP contribution is -2.18. The number of nitrogens with zero attached hydrogens (tertiary/aromatic N) is 4. The molecule has 4 aromatic rings. The fourth-order valence-electron chi connectivity index (χ4n) is 3.88. The highest BCUT2D eigenvalue weighted by atomic mass is 16.5. The van der Waals surface area contributed by atoms with Crippen LogP contribution in [0.5, 0.6) is 17.2 Å². The summed E-state index contributed by atoms with van der Waals surface area (Å²) >= 11 is 0. The normalized spacial score (nSPS) is 11.1. The standard InChI is InChI=1S/C25H27N7O4.C2H4O2/c1-4-36-20-14-17(13-19(34-2)21(20)35-3)18(12-15-6-8-16(9-7-15)22(26)27)23-30-25(33)32(31-23)24-28-10-5-11-29-24;1-2(3)4/h5-11,13-14,18H,4,12H2,1-3H3,(H3,26,27)(H,30,31,33);1H3,(H,3,4). The minimum Gasteiger partial charge on any atom is -0.493 e. The molecule has 0 saturated heterocycles. The van der Waals surface area contributed by atoms with Crippen LogP contribution in [0.3, 0.4) is 0 Å². The molecule has 0 bridgehead atoms. The van der Waals surface area contributed by atoms with Crippen LogP contribution < -0.4 is 25.6 Å². The number of nitrogen functional groups attached to an aromatic ring is 1. The van der Waals surface area contributed by atoms with E-state index in [9.17, 15) is 4.79 Å². The number of aromatic amines is 1. The highest BCUT2D eigenvalue weighted by Crippen LogP contribution is 2.41. The first kappa shape index (κ1) is 29.4. The Morgan fingerprint density at radius 1 is 1.12 bits per heavy atom. The van der Waals surface area contributed by atoms with Gasteiger partial charge >= 0.3 is 5.69 Å². The van der Waals surface area contributed by atoms with Gasteiger partial charge in [-0.2, -0.15) is 0 Å². The third-order valence-corrected chi connectivity index (χ3v) is 5.58. The minimum atomic E-state index is -0.833. The van der Waals surface area contributed by atoms with Gasteiger partial charge < -0.3 is 25.1 Å². The maximum absolute atomic E-state index is 12.8. The number of carbonyl (C=O) groups is 1. The highest BCUT2D eigenvalue weighted by molar-refractivity contribution is 5.94. The van der Waals surface area contributed by atoms with E-state index in [1.165, 1.54) is 0 Å². The van der Waals surface area contributed by atoms with Crippen molar-refractivity contribution in [3.05, 3.63) is 87.9 Å². The van der Waals surface area contributed by atoms with Crippen molar-refractivity contribution >= 4 is 11.8 Å². The smallest absolute Gasteiger partial charge is 0.350 e. The first-order valence-electron chi connectivity index (χ1n) is 12.2. The Bertz CT molecular complexity index is 1500. The molecule has 4 rings (SSSR count). The fraction of sp³-hybridized carbons (Fsp3) is 0.259. The summed E-state index contributed by atoms with van der Waals surface area (Å²) in [6.45, 7) is 3.39. The zero-order chi connectivity index (χ0) is 29.2.